The number of nitrogens with one attached hydrogen (secondary N) is 1. The number of amides is 1. The second-order valence-electron chi connectivity index (χ2n) is 4.60. The van der Waals surface area contributed by atoms with E-state index in [2.05, 4.69) is 10.3 Å². The first-order valence-electron chi connectivity index (χ1n) is 6.78. The lowest BCUT2D eigenvalue weighted by atomic mass is 10.1. The Balaban J connectivity index is 2.03. The predicted octanol–water partition coefficient (Wildman–Crippen LogP) is -0.0124. The summed E-state index contributed by atoms with van der Waals surface area (Å²) in [5.41, 5.74) is 0.846. The van der Waals surface area contributed by atoms with Gasteiger partial charge < -0.3 is 15.0 Å². The lowest BCUT2D eigenvalue weighted by Crippen LogP contribution is -2.57. The normalized spacial score (nSPS) is 18.6. The molecule has 1 fully saturated rings. The number of carbonyl (C=O) groups excluding carboxylic acids is 2. The first kappa shape index (κ1) is 14.5. The molecule has 1 aromatic heterocycles. The molecule has 1 aliphatic heterocycles. The van der Waals surface area contributed by atoms with Crippen LogP contribution in [0.1, 0.15) is 12.5 Å². The molecule has 6 nitrogen and oxygen atoms in total. The number of esters is 1. The van der Waals surface area contributed by atoms with Crippen molar-refractivity contribution in [2.24, 2.45) is 0 Å². The average molecular weight is 277 g/mol. The Morgan fingerprint density at radius 2 is 2.40 bits per heavy atom. The fraction of sp³-hybridized carbons (Fsp3) is 0.500. The van der Waals surface area contributed by atoms with Crippen molar-refractivity contribution < 1.29 is 14.3 Å². The Bertz CT molecular complexity index is 464. The van der Waals surface area contributed by atoms with Crippen molar-refractivity contribution in [3.05, 3.63) is 30.1 Å². The van der Waals surface area contributed by atoms with Gasteiger partial charge in [0.2, 0.25) is 5.91 Å². The van der Waals surface area contributed by atoms with Crippen LogP contribution in [0, 0.1) is 0 Å². The molecule has 0 radical (unpaired) electrons. The fourth-order valence-corrected chi connectivity index (χ4v) is 2.23. The summed E-state index contributed by atoms with van der Waals surface area (Å²) >= 11 is 0. The third-order valence-corrected chi connectivity index (χ3v) is 3.20. The minimum absolute atomic E-state index is 0.0717. The Kier molecular flexibility index (Phi) is 5.06. The van der Waals surface area contributed by atoms with Crippen LogP contribution in [0.5, 0.6) is 0 Å². The van der Waals surface area contributed by atoms with E-state index in [4.69, 9.17) is 4.74 Å². The lowest BCUT2D eigenvalue weighted by Gasteiger charge is -2.34. The second-order valence-corrected chi connectivity index (χ2v) is 4.60. The first-order valence-corrected chi connectivity index (χ1v) is 6.78. The van der Waals surface area contributed by atoms with Crippen molar-refractivity contribution in [1.82, 2.24) is 15.2 Å². The zero-order valence-corrected chi connectivity index (χ0v) is 11.5. The fourth-order valence-electron chi connectivity index (χ4n) is 2.23. The van der Waals surface area contributed by atoms with E-state index >= 15 is 0 Å². The van der Waals surface area contributed by atoms with Crippen molar-refractivity contribution >= 4 is 11.9 Å². The minimum atomic E-state index is -0.534. The van der Waals surface area contributed by atoms with Crippen LogP contribution in [0.4, 0.5) is 0 Å². The van der Waals surface area contributed by atoms with Crippen molar-refractivity contribution in [2.75, 3.05) is 26.2 Å². The van der Waals surface area contributed by atoms with Gasteiger partial charge in [0.1, 0.15) is 6.04 Å². The maximum atomic E-state index is 12.3. The van der Waals surface area contributed by atoms with Crippen molar-refractivity contribution in [3.8, 4) is 0 Å². The van der Waals surface area contributed by atoms with Crippen LogP contribution in [-0.4, -0.2) is 54.0 Å². The summed E-state index contributed by atoms with van der Waals surface area (Å²) in [6.07, 6.45) is 3.59. The van der Waals surface area contributed by atoms with Gasteiger partial charge in [0.05, 0.1) is 13.0 Å². The van der Waals surface area contributed by atoms with E-state index in [-0.39, 0.29) is 18.3 Å². The zero-order valence-electron chi connectivity index (χ0n) is 11.5. The van der Waals surface area contributed by atoms with E-state index < -0.39 is 6.04 Å². The number of piperazine rings is 1. The van der Waals surface area contributed by atoms with Crippen molar-refractivity contribution in [3.63, 3.8) is 0 Å². The molecule has 0 bridgehead atoms. The van der Waals surface area contributed by atoms with E-state index in [0.29, 0.717) is 26.2 Å². The number of nitrogens with zero attached hydrogens (tertiary/aromatic N) is 2. The quantitative estimate of drug-likeness (QED) is 0.784. The van der Waals surface area contributed by atoms with E-state index in [1.807, 2.05) is 6.07 Å². The summed E-state index contributed by atoms with van der Waals surface area (Å²) in [5, 5.41) is 3.12. The molecule has 1 N–H and O–H groups in total. The molecule has 6 heteroatoms. The number of ether oxygens (including phenoxy) is 1. The monoisotopic (exact) mass is 277 g/mol. The molecule has 0 aliphatic carbocycles. The van der Waals surface area contributed by atoms with Crippen LogP contribution in [0.15, 0.2) is 24.5 Å². The molecule has 1 aliphatic rings. The van der Waals surface area contributed by atoms with Crippen LogP contribution < -0.4 is 5.32 Å². The highest BCUT2D eigenvalue weighted by Gasteiger charge is 2.32. The molecule has 1 amide bonds. The van der Waals surface area contributed by atoms with Crippen LogP contribution >= 0.6 is 0 Å². The highest BCUT2D eigenvalue weighted by molar-refractivity contribution is 5.86. The summed E-state index contributed by atoms with van der Waals surface area (Å²) in [6, 6.07) is 3.11. The predicted molar refractivity (Wildman–Crippen MR) is 72.9 cm³/mol. The van der Waals surface area contributed by atoms with E-state index in [1.165, 1.54) is 0 Å². The smallest absolute Gasteiger partial charge is 0.330 e. The number of hydrogen-bond acceptors (Lipinski definition) is 5. The lowest BCUT2D eigenvalue weighted by molar-refractivity contribution is -0.155. The standard InChI is InChI=1S/C14H19N3O3/c1-2-20-14(19)12-10-16-6-7-17(12)13(18)8-11-4-3-5-15-9-11/h3-5,9,12,16H,2,6-8,10H2,1H3. The summed E-state index contributed by atoms with van der Waals surface area (Å²) in [6.45, 7) is 3.73. The van der Waals surface area contributed by atoms with Crippen LogP contribution in [0.2, 0.25) is 0 Å². The van der Waals surface area contributed by atoms with Gasteiger partial charge in [0.15, 0.2) is 0 Å². The van der Waals surface area contributed by atoms with E-state index in [1.54, 1.807) is 30.3 Å². The van der Waals surface area contributed by atoms with E-state index in [0.717, 1.165) is 5.56 Å². The number of carbonyl (C=O) groups is 2. The van der Waals surface area contributed by atoms with Crippen LogP contribution in [-0.2, 0) is 20.7 Å². The molecule has 0 aromatic carbocycles. The largest absolute Gasteiger partial charge is 0.464 e. The molecule has 108 valence electrons. The molecule has 2 heterocycles. The third-order valence-electron chi connectivity index (χ3n) is 3.20. The molecule has 1 saturated heterocycles. The number of pyridine rings is 1. The summed E-state index contributed by atoms with van der Waals surface area (Å²) in [7, 11) is 0. The molecule has 1 aromatic rings. The molecule has 1 atom stereocenters. The molecule has 20 heavy (non-hydrogen) atoms. The first-order chi connectivity index (χ1) is 9.72. The Labute approximate surface area is 118 Å². The van der Waals surface area contributed by atoms with Gasteiger partial charge in [-0.3, -0.25) is 9.78 Å². The number of rotatable bonds is 4. The minimum Gasteiger partial charge on any atom is -0.464 e. The molecular formula is C14H19N3O3. The Morgan fingerprint density at radius 3 is 3.10 bits per heavy atom. The number of aromatic nitrogens is 1. The average Bonchev–Trinajstić information content (AvgIpc) is 2.48. The number of hydrogen-bond donors (Lipinski definition) is 1. The third kappa shape index (κ3) is 3.54. The van der Waals surface area contributed by atoms with Gasteiger partial charge in [0, 0.05) is 32.0 Å². The highest BCUT2D eigenvalue weighted by Crippen LogP contribution is 2.09. The van der Waals surface area contributed by atoms with Gasteiger partial charge in [-0.2, -0.15) is 0 Å². The van der Waals surface area contributed by atoms with Crippen molar-refractivity contribution in [2.45, 2.75) is 19.4 Å². The van der Waals surface area contributed by atoms with Gasteiger partial charge in [-0.15, -0.1) is 0 Å². The van der Waals surface area contributed by atoms with Crippen molar-refractivity contribution in [1.29, 1.82) is 0 Å². The molecule has 0 spiro atoms. The van der Waals surface area contributed by atoms with Gasteiger partial charge in [-0.25, -0.2) is 4.79 Å². The summed E-state index contributed by atoms with van der Waals surface area (Å²) in [4.78, 5) is 29.8. The maximum absolute atomic E-state index is 12.3. The molecule has 2 rings (SSSR count). The zero-order chi connectivity index (χ0) is 14.4. The molecular weight excluding hydrogens is 258 g/mol. The van der Waals surface area contributed by atoms with Gasteiger partial charge in [-0.1, -0.05) is 6.07 Å². The van der Waals surface area contributed by atoms with E-state index in [9.17, 15) is 9.59 Å². The highest BCUT2D eigenvalue weighted by atomic mass is 16.5. The second kappa shape index (κ2) is 7.00. The molecule has 0 saturated carbocycles. The SMILES string of the molecule is CCOC(=O)C1CNCCN1C(=O)Cc1cccnc1. The van der Waals surface area contributed by atoms with Gasteiger partial charge in [0.25, 0.3) is 0 Å². The van der Waals surface area contributed by atoms with Gasteiger partial charge in [-0.05, 0) is 18.6 Å². The maximum Gasteiger partial charge on any atom is 0.330 e. The topological polar surface area (TPSA) is 71.5 Å². The molecule has 1 unspecified atom stereocenters. The summed E-state index contributed by atoms with van der Waals surface area (Å²) < 4.78 is 5.03. The summed E-state index contributed by atoms with van der Waals surface area (Å²) in [5.74, 6) is -0.420. The Hall–Kier alpha value is -1.95. The van der Waals surface area contributed by atoms with Gasteiger partial charge >= 0.3 is 5.97 Å². The Morgan fingerprint density at radius 1 is 1.55 bits per heavy atom. The van der Waals surface area contributed by atoms with Crippen LogP contribution in [0.25, 0.3) is 0 Å². The van der Waals surface area contributed by atoms with Crippen LogP contribution in [0.3, 0.4) is 0 Å².